The Morgan fingerprint density at radius 2 is 1.95 bits per heavy atom. The number of aryl methyl sites for hydroxylation is 1. The van der Waals surface area contributed by atoms with Crippen molar-refractivity contribution in [2.75, 3.05) is 0 Å². The third kappa shape index (κ3) is 3.96. The van der Waals surface area contributed by atoms with Crippen molar-refractivity contribution in [3.63, 3.8) is 0 Å². The molecule has 1 unspecified atom stereocenters. The van der Waals surface area contributed by atoms with Gasteiger partial charge in [-0.3, -0.25) is 9.78 Å². The van der Waals surface area contributed by atoms with Crippen LogP contribution in [0.15, 0.2) is 36.5 Å². The molecule has 0 saturated heterocycles. The summed E-state index contributed by atoms with van der Waals surface area (Å²) in [5.74, 6) is -0.227. The van der Waals surface area contributed by atoms with E-state index < -0.39 is 0 Å². The average Bonchev–Trinajstić information content (AvgIpc) is 2.45. The zero-order valence-corrected chi connectivity index (χ0v) is 13.4. The maximum absolute atomic E-state index is 12.3. The van der Waals surface area contributed by atoms with E-state index in [9.17, 15) is 4.79 Å². The van der Waals surface area contributed by atoms with Gasteiger partial charge in [0.1, 0.15) is 0 Å². The summed E-state index contributed by atoms with van der Waals surface area (Å²) in [6, 6.07) is 9.03. The van der Waals surface area contributed by atoms with Crippen molar-refractivity contribution in [3.8, 4) is 0 Å². The van der Waals surface area contributed by atoms with Crippen LogP contribution in [0.3, 0.4) is 0 Å². The Balaban J connectivity index is 2.18. The predicted octanol–water partition coefficient (Wildman–Crippen LogP) is 4.58. The molecular weight excluding hydrogens is 307 g/mol. The quantitative estimate of drug-likeness (QED) is 0.895. The van der Waals surface area contributed by atoms with Crippen LogP contribution >= 0.6 is 23.2 Å². The second-order valence-electron chi connectivity index (χ2n) is 4.79. The number of hydrogen-bond acceptors (Lipinski definition) is 2. The molecule has 1 heterocycles. The van der Waals surface area contributed by atoms with Gasteiger partial charge in [-0.25, -0.2) is 0 Å². The van der Waals surface area contributed by atoms with Gasteiger partial charge in [0.25, 0.3) is 5.91 Å². The molecule has 0 saturated carbocycles. The Morgan fingerprint density at radius 3 is 2.52 bits per heavy atom. The minimum atomic E-state index is -0.227. The second-order valence-corrected chi connectivity index (χ2v) is 5.64. The molecule has 0 aliphatic heterocycles. The number of amides is 1. The molecule has 1 atom stereocenters. The van der Waals surface area contributed by atoms with Crippen LogP contribution in [0.25, 0.3) is 0 Å². The summed E-state index contributed by atoms with van der Waals surface area (Å²) in [5.41, 5.74) is 2.17. The molecule has 2 aromatic rings. The summed E-state index contributed by atoms with van der Waals surface area (Å²) >= 11 is 12.0. The van der Waals surface area contributed by atoms with E-state index in [0.717, 1.165) is 17.7 Å². The van der Waals surface area contributed by atoms with Crippen molar-refractivity contribution in [2.24, 2.45) is 0 Å². The standard InChI is InChI=1S/C16H16Cl2N2O/c1-3-15(11-4-6-12(17)7-5-11)20-16(21)13-9-19-10(2)8-14(13)18/h4-9,15H,3H2,1-2H3,(H,20,21). The predicted molar refractivity (Wildman–Crippen MR) is 85.9 cm³/mol. The molecule has 1 aromatic heterocycles. The maximum atomic E-state index is 12.3. The number of aromatic nitrogens is 1. The lowest BCUT2D eigenvalue weighted by Crippen LogP contribution is -2.28. The first-order valence-electron chi connectivity index (χ1n) is 6.69. The van der Waals surface area contributed by atoms with Crippen molar-refractivity contribution in [1.82, 2.24) is 10.3 Å². The van der Waals surface area contributed by atoms with Crippen LogP contribution in [-0.2, 0) is 0 Å². The fraction of sp³-hybridized carbons (Fsp3) is 0.250. The number of nitrogens with one attached hydrogen (secondary N) is 1. The zero-order valence-electron chi connectivity index (χ0n) is 11.9. The van der Waals surface area contributed by atoms with E-state index in [-0.39, 0.29) is 11.9 Å². The molecule has 3 nitrogen and oxygen atoms in total. The van der Waals surface area contributed by atoms with Gasteiger partial charge in [-0.05, 0) is 37.1 Å². The second kappa shape index (κ2) is 6.92. The van der Waals surface area contributed by atoms with Gasteiger partial charge < -0.3 is 5.32 Å². The molecule has 0 aliphatic rings. The van der Waals surface area contributed by atoms with E-state index in [1.54, 1.807) is 6.07 Å². The molecule has 0 bridgehead atoms. The summed E-state index contributed by atoms with van der Waals surface area (Å²) in [6.45, 7) is 3.84. The van der Waals surface area contributed by atoms with E-state index in [1.807, 2.05) is 38.1 Å². The van der Waals surface area contributed by atoms with Crippen LogP contribution in [0, 0.1) is 6.92 Å². The minimum absolute atomic E-state index is 0.0906. The summed E-state index contributed by atoms with van der Waals surface area (Å²) in [6.07, 6.45) is 2.27. The number of pyridine rings is 1. The van der Waals surface area contributed by atoms with Gasteiger partial charge in [0.15, 0.2) is 0 Å². The number of halogens is 2. The number of rotatable bonds is 4. The topological polar surface area (TPSA) is 42.0 Å². The number of hydrogen-bond donors (Lipinski definition) is 1. The third-order valence-electron chi connectivity index (χ3n) is 3.22. The lowest BCUT2D eigenvalue weighted by Gasteiger charge is -2.18. The van der Waals surface area contributed by atoms with Crippen LogP contribution in [0.1, 0.15) is 41.0 Å². The molecule has 1 amide bonds. The van der Waals surface area contributed by atoms with Crippen LogP contribution in [0.5, 0.6) is 0 Å². The maximum Gasteiger partial charge on any atom is 0.254 e. The fourth-order valence-electron chi connectivity index (χ4n) is 2.05. The van der Waals surface area contributed by atoms with E-state index in [0.29, 0.717) is 15.6 Å². The highest BCUT2D eigenvalue weighted by molar-refractivity contribution is 6.33. The highest BCUT2D eigenvalue weighted by Gasteiger charge is 2.16. The van der Waals surface area contributed by atoms with E-state index in [1.165, 1.54) is 6.20 Å². The van der Waals surface area contributed by atoms with E-state index >= 15 is 0 Å². The average molecular weight is 323 g/mol. The zero-order chi connectivity index (χ0) is 15.4. The Kier molecular flexibility index (Phi) is 5.21. The SMILES string of the molecule is CCC(NC(=O)c1cnc(C)cc1Cl)c1ccc(Cl)cc1. The first-order chi connectivity index (χ1) is 10.0. The van der Waals surface area contributed by atoms with Gasteiger partial charge in [-0.2, -0.15) is 0 Å². The number of benzene rings is 1. The van der Waals surface area contributed by atoms with Crippen LogP contribution in [-0.4, -0.2) is 10.9 Å². The molecule has 0 radical (unpaired) electrons. The van der Waals surface area contributed by atoms with Crippen molar-refractivity contribution in [3.05, 3.63) is 63.4 Å². The molecular formula is C16H16Cl2N2O. The van der Waals surface area contributed by atoms with Gasteiger partial charge in [-0.1, -0.05) is 42.3 Å². The first kappa shape index (κ1) is 15.8. The monoisotopic (exact) mass is 322 g/mol. The van der Waals surface area contributed by atoms with Crippen molar-refractivity contribution >= 4 is 29.1 Å². The van der Waals surface area contributed by atoms with Crippen molar-refractivity contribution < 1.29 is 4.79 Å². The molecule has 1 N–H and O–H groups in total. The van der Waals surface area contributed by atoms with Crippen LogP contribution in [0.4, 0.5) is 0 Å². The molecule has 0 fully saturated rings. The van der Waals surface area contributed by atoms with Crippen molar-refractivity contribution in [1.29, 1.82) is 0 Å². The highest BCUT2D eigenvalue weighted by Crippen LogP contribution is 2.21. The lowest BCUT2D eigenvalue weighted by molar-refractivity contribution is 0.0935. The summed E-state index contributed by atoms with van der Waals surface area (Å²) < 4.78 is 0. The molecule has 2 rings (SSSR count). The molecule has 0 spiro atoms. The number of nitrogens with zero attached hydrogens (tertiary/aromatic N) is 1. The minimum Gasteiger partial charge on any atom is -0.345 e. The van der Waals surface area contributed by atoms with Gasteiger partial charge in [0.05, 0.1) is 16.6 Å². The van der Waals surface area contributed by atoms with Crippen LogP contribution in [0.2, 0.25) is 10.0 Å². The number of carbonyl (C=O) groups is 1. The summed E-state index contributed by atoms with van der Waals surface area (Å²) in [4.78, 5) is 16.4. The number of carbonyl (C=O) groups excluding carboxylic acids is 1. The first-order valence-corrected chi connectivity index (χ1v) is 7.45. The Labute approximate surface area is 134 Å². The van der Waals surface area contributed by atoms with Crippen molar-refractivity contribution in [2.45, 2.75) is 26.3 Å². The largest absolute Gasteiger partial charge is 0.345 e. The fourth-order valence-corrected chi connectivity index (χ4v) is 2.46. The van der Waals surface area contributed by atoms with E-state index in [4.69, 9.17) is 23.2 Å². The molecule has 21 heavy (non-hydrogen) atoms. The molecule has 5 heteroatoms. The highest BCUT2D eigenvalue weighted by atomic mass is 35.5. The Bertz CT molecular complexity index is 641. The van der Waals surface area contributed by atoms with Gasteiger partial charge >= 0.3 is 0 Å². The lowest BCUT2D eigenvalue weighted by atomic mass is 10.0. The van der Waals surface area contributed by atoms with E-state index in [2.05, 4.69) is 10.3 Å². The smallest absolute Gasteiger partial charge is 0.254 e. The third-order valence-corrected chi connectivity index (χ3v) is 3.79. The molecule has 0 aliphatic carbocycles. The Morgan fingerprint density at radius 1 is 1.29 bits per heavy atom. The van der Waals surface area contributed by atoms with Gasteiger partial charge in [0.2, 0.25) is 0 Å². The van der Waals surface area contributed by atoms with Gasteiger partial charge in [0, 0.05) is 16.9 Å². The van der Waals surface area contributed by atoms with Gasteiger partial charge in [-0.15, -0.1) is 0 Å². The van der Waals surface area contributed by atoms with Crippen LogP contribution < -0.4 is 5.32 Å². The molecule has 1 aromatic carbocycles. The normalized spacial score (nSPS) is 12.0. The summed E-state index contributed by atoms with van der Waals surface area (Å²) in [7, 11) is 0. The Hall–Kier alpha value is -1.58. The summed E-state index contributed by atoms with van der Waals surface area (Å²) in [5, 5.41) is 4.05. The molecule has 110 valence electrons.